The van der Waals surface area contributed by atoms with Crippen LogP contribution in [0.5, 0.6) is 11.5 Å². The van der Waals surface area contributed by atoms with Crippen LogP contribution in [-0.4, -0.2) is 53.1 Å². The van der Waals surface area contributed by atoms with Gasteiger partial charge in [-0.3, -0.25) is 0 Å². The summed E-state index contributed by atoms with van der Waals surface area (Å²) >= 11 is 0. The number of sulfonamides is 1. The van der Waals surface area contributed by atoms with Crippen molar-refractivity contribution >= 4 is 15.7 Å². The summed E-state index contributed by atoms with van der Waals surface area (Å²) in [5.41, 5.74) is 1.01. The smallest absolute Gasteiger partial charge is 0.243 e. The van der Waals surface area contributed by atoms with Crippen LogP contribution in [0, 0.1) is 5.82 Å². The van der Waals surface area contributed by atoms with Crippen molar-refractivity contribution in [3.8, 4) is 11.5 Å². The van der Waals surface area contributed by atoms with Gasteiger partial charge in [-0.2, -0.15) is 4.31 Å². The van der Waals surface area contributed by atoms with Crippen LogP contribution in [0.2, 0.25) is 0 Å². The number of nitrogens with zero attached hydrogens (tertiary/aromatic N) is 2. The van der Waals surface area contributed by atoms with Gasteiger partial charge >= 0.3 is 0 Å². The Morgan fingerprint density at radius 3 is 2.12 bits per heavy atom. The van der Waals surface area contributed by atoms with E-state index in [1.807, 2.05) is 24.3 Å². The van der Waals surface area contributed by atoms with Gasteiger partial charge in [-0.05, 0) is 42.5 Å². The van der Waals surface area contributed by atoms with E-state index in [0.29, 0.717) is 26.2 Å². The number of piperazine rings is 1. The van der Waals surface area contributed by atoms with Gasteiger partial charge < -0.3 is 14.4 Å². The number of methoxy groups -OCH3 is 2. The molecule has 0 aromatic heterocycles. The van der Waals surface area contributed by atoms with E-state index in [1.54, 1.807) is 7.11 Å². The zero-order valence-electron chi connectivity index (χ0n) is 14.7. The molecule has 1 aliphatic rings. The van der Waals surface area contributed by atoms with Crippen molar-refractivity contribution < 1.29 is 22.3 Å². The fourth-order valence-corrected chi connectivity index (χ4v) is 4.37. The second-order valence-electron chi connectivity index (χ2n) is 5.89. The Kier molecular flexibility index (Phi) is 5.33. The Hall–Kier alpha value is -2.32. The lowest BCUT2D eigenvalue weighted by Crippen LogP contribution is -2.48. The lowest BCUT2D eigenvalue weighted by atomic mass is 10.2. The summed E-state index contributed by atoms with van der Waals surface area (Å²) in [5.74, 6) is 0.107. The molecule has 0 unspecified atom stereocenters. The summed E-state index contributed by atoms with van der Waals surface area (Å²) in [4.78, 5) is 2.05. The Labute approximate surface area is 152 Å². The van der Waals surface area contributed by atoms with Gasteiger partial charge in [0.25, 0.3) is 0 Å². The normalized spacial score (nSPS) is 15.7. The summed E-state index contributed by atoms with van der Waals surface area (Å²) in [6, 6.07) is 11.3. The number of anilines is 1. The predicted molar refractivity (Wildman–Crippen MR) is 96.9 cm³/mol. The molecule has 140 valence electrons. The van der Waals surface area contributed by atoms with Crippen LogP contribution in [0.4, 0.5) is 10.1 Å². The molecule has 3 rings (SSSR count). The summed E-state index contributed by atoms with van der Waals surface area (Å²) < 4.78 is 50.7. The van der Waals surface area contributed by atoms with Gasteiger partial charge in [0.15, 0.2) is 11.6 Å². The average Bonchev–Trinajstić information content (AvgIpc) is 2.68. The third-order valence-electron chi connectivity index (χ3n) is 4.44. The predicted octanol–water partition coefficient (Wildman–Crippen LogP) is 2.35. The Morgan fingerprint density at radius 1 is 0.923 bits per heavy atom. The molecule has 0 bridgehead atoms. The molecule has 6 nitrogen and oxygen atoms in total. The van der Waals surface area contributed by atoms with Crippen molar-refractivity contribution in [1.29, 1.82) is 0 Å². The number of halogens is 1. The lowest BCUT2D eigenvalue weighted by molar-refractivity contribution is 0.379. The van der Waals surface area contributed by atoms with Crippen LogP contribution in [0.15, 0.2) is 47.4 Å². The fraction of sp³-hybridized carbons (Fsp3) is 0.333. The van der Waals surface area contributed by atoms with Gasteiger partial charge in [0.1, 0.15) is 5.75 Å². The third kappa shape index (κ3) is 3.61. The molecule has 1 aliphatic heterocycles. The van der Waals surface area contributed by atoms with Crippen LogP contribution >= 0.6 is 0 Å². The molecule has 0 aliphatic carbocycles. The van der Waals surface area contributed by atoms with E-state index in [1.165, 1.54) is 23.5 Å². The highest BCUT2D eigenvalue weighted by atomic mass is 32.2. The van der Waals surface area contributed by atoms with Crippen LogP contribution in [-0.2, 0) is 10.0 Å². The molecule has 26 heavy (non-hydrogen) atoms. The SMILES string of the molecule is COc1ccc(N2CCN(S(=O)(=O)c3ccc(OC)c(F)c3)CC2)cc1. The highest BCUT2D eigenvalue weighted by molar-refractivity contribution is 7.89. The van der Waals surface area contributed by atoms with Crippen molar-refractivity contribution in [3.63, 3.8) is 0 Å². The maximum atomic E-state index is 13.9. The van der Waals surface area contributed by atoms with Crippen LogP contribution < -0.4 is 14.4 Å². The van der Waals surface area contributed by atoms with Crippen molar-refractivity contribution in [1.82, 2.24) is 4.31 Å². The van der Waals surface area contributed by atoms with E-state index in [9.17, 15) is 12.8 Å². The molecule has 0 amide bonds. The number of benzene rings is 2. The largest absolute Gasteiger partial charge is 0.497 e. The van der Waals surface area contributed by atoms with Gasteiger partial charge in [0.2, 0.25) is 10.0 Å². The van der Waals surface area contributed by atoms with Gasteiger partial charge in [-0.1, -0.05) is 0 Å². The minimum absolute atomic E-state index is 0.0216. The Bertz CT molecular complexity index is 863. The zero-order chi connectivity index (χ0) is 18.7. The minimum atomic E-state index is -3.73. The topological polar surface area (TPSA) is 59.1 Å². The summed E-state index contributed by atoms with van der Waals surface area (Å²) in [6.07, 6.45) is 0. The molecule has 2 aromatic carbocycles. The van der Waals surface area contributed by atoms with Gasteiger partial charge in [-0.25, -0.2) is 12.8 Å². The van der Waals surface area contributed by atoms with Crippen LogP contribution in [0.25, 0.3) is 0 Å². The van der Waals surface area contributed by atoms with Crippen molar-refractivity contribution in [3.05, 3.63) is 48.3 Å². The molecule has 1 fully saturated rings. The van der Waals surface area contributed by atoms with Crippen molar-refractivity contribution in [2.24, 2.45) is 0 Å². The molecule has 1 heterocycles. The third-order valence-corrected chi connectivity index (χ3v) is 6.33. The number of hydrogen-bond acceptors (Lipinski definition) is 5. The standard InChI is InChI=1S/C18H21FN2O4S/c1-24-15-5-3-14(4-6-15)20-9-11-21(12-10-20)26(22,23)16-7-8-18(25-2)17(19)13-16/h3-8,13H,9-12H2,1-2H3. The van der Waals surface area contributed by atoms with Gasteiger partial charge in [0, 0.05) is 31.9 Å². The first-order chi connectivity index (χ1) is 12.5. The summed E-state index contributed by atoms with van der Waals surface area (Å²) in [6.45, 7) is 1.79. The second-order valence-corrected chi connectivity index (χ2v) is 7.82. The first kappa shape index (κ1) is 18.5. The lowest BCUT2D eigenvalue weighted by Gasteiger charge is -2.35. The number of rotatable bonds is 5. The molecule has 1 saturated heterocycles. The Balaban J connectivity index is 1.71. The van der Waals surface area contributed by atoms with E-state index < -0.39 is 15.8 Å². The van der Waals surface area contributed by atoms with E-state index in [4.69, 9.17) is 9.47 Å². The fourth-order valence-electron chi connectivity index (χ4n) is 2.94. The maximum Gasteiger partial charge on any atom is 0.243 e. The van der Waals surface area contributed by atoms with E-state index in [2.05, 4.69) is 4.90 Å². The first-order valence-corrected chi connectivity index (χ1v) is 9.62. The van der Waals surface area contributed by atoms with Gasteiger partial charge in [0.05, 0.1) is 19.1 Å². The highest BCUT2D eigenvalue weighted by Gasteiger charge is 2.29. The second kappa shape index (κ2) is 7.51. The van der Waals surface area contributed by atoms with E-state index in [-0.39, 0.29) is 10.6 Å². The molecule has 0 atom stereocenters. The van der Waals surface area contributed by atoms with Crippen molar-refractivity contribution in [2.75, 3.05) is 45.3 Å². The van der Waals surface area contributed by atoms with Crippen LogP contribution in [0.1, 0.15) is 0 Å². The zero-order valence-corrected chi connectivity index (χ0v) is 15.5. The summed E-state index contributed by atoms with van der Waals surface area (Å²) in [5, 5.41) is 0. The molecule has 0 N–H and O–H groups in total. The highest BCUT2D eigenvalue weighted by Crippen LogP contribution is 2.25. The Morgan fingerprint density at radius 2 is 1.58 bits per heavy atom. The quantitative estimate of drug-likeness (QED) is 0.797. The molecule has 8 heteroatoms. The number of hydrogen-bond donors (Lipinski definition) is 0. The molecule has 2 aromatic rings. The monoisotopic (exact) mass is 380 g/mol. The van der Waals surface area contributed by atoms with Gasteiger partial charge in [-0.15, -0.1) is 0 Å². The van der Waals surface area contributed by atoms with E-state index >= 15 is 0 Å². The average molecular weight is 380 g/mol. The first-order valence-electron chi connectivity index (χ1n) is 8.18. The molecular formula is C18H21FN2O4S. The minimum Gasteiger partial charge on any atom is -0.497 e. The number of ether oxygens (including phenoxy) is 2. The van der Waals surface area contributed by atoms with Crippen molar-refractivity contribution in [2.45, 2.75) is 4.90 Å². The van der Waals surface area contributed by atoms with Crippen LogP contribution in [0.3, 0.4) is 0 Å². The summed E-state index contributed by atoms with van der Waals surface area (Å²) in [7, 11) is -0.785. The maximum absolute atomic E-state index is 13.9. The molecular weight excluding hydrogens is 359 g/mol. The molecule has 0 saturated carbocycles. The van der Waals surface area contributed by atoms with E-state index in [0.717, 1.165) is 17.5 Å². The molecule has 0 spiro atoms. The molecule has 0 radical (unpaired) electrons.